The molecule has 4 heteroatoms. The molecule has 1 fully saturated rings. The van der Waals surface area contributed by atoms with Gasteiger partial charge in [-0.15, -0.1) is 0 Å². The van der Waals surface area contributed by atoms with Gasteiger partial charge in [-0.25, -0.2) is 4.98 Å². The van der Waals surface area contributed by atoms with Crippen molar-refractivity contribution in [3.63, 3.8) is 0 Å². The summed E-state index contributed by atoms with van der Waals surface area (Å²) in [6, 6.07) is 6.62. The van der Waals surface area contributed by atoms with Crippen molar-refractivity contribution < 1.29 is 0 Å². The topological polar surface area (TPSA) is 31.4 Å². The van der Waals surface area contributed by atoms with Crippen molar-refractivity contribution in [1.82, 2.24) is 9.88 Å². The van der Waals surface area contributed by atoms with Gasteiger partial charge in [0.1, 0.15) is 5.82 Å². The van der Waals surface area contributed by atoms with Crippen LogP contribution in [0.15, 0.2) is 24.4 Å². The van der Waals surface area contributed by atoms with Crippen LogP contribution < -0.4 is 10.2 Å². The van der Waals surface area contributed by atoms with Gasteiger partial charge in [-0.1, -0.05) is 24.6 Å². The van der Waals surface area contributed by atoms with Crippen molar-refractivity contribution in [1.29, 1.82) is 0 Å². The van der Waals surface area contributed by atoms with Crippen molar-refractivity contribution >= 4 is 22.3 Å². The number of hydrogen-bond acceptors (Lipinski definition) is 4. The number of fused-ring (bicyclic) bond motifs is 1. The summed E-state index contributed by atoms with van der Waals surface area (Å²) in [6.45, 7) is 9.88. The monoisotopic (exact) mass is 284 g/mol. The van der Waals surface area contributed by atoms with Crippen molar-refractivity contribution in [2.45, 2.75) is 13.8 Å². The lowest BCUT2D eigenvalue weighted by atomic mass is 10.1. The average Bonchev–Trinajstić information content (AvgIpc) is 2.53. The standard InChI is InChI=1S/C17H24N4/c1-4-20-7-9-21(10-8-20)17-15-11-13(2)5-6-14(15)16(18-3)12-19-17/h5-6,11-12,18H,4,7-10H2,1-3H3. The lowest BCUT2D eigenvalue weighted by Gasteiger charge is -2.35. The molecule has 0 bridgehead atoms. The molecule has 0 radical (unpaired) electrons. The SMILES string of the molecule is CCN1CCN(c2ncc(NC)c3ccc(C)cc23)CC1. The number of anilines is 2. The van der Waals surface area contributed by atoms with Crippen LogP contribution in [0.5, 0.6) is 0 Å². The maximum absolute atomic E-state index is 4.74. The Morgan fingerprint density at radius 2 is 1.90 bits per heavy atom. The molecular weight excluding hydrogens is 260 g/mol. The van der Waals surface area contributed by atoms with E-state index in [9.17, 15) is 0 Å². The predicted molar refractivity (Wildman–Crippen MR) is 90.4 cm³/mol. The second kappa shape index (κ2) is 5.90. The van der Waals surface area contributed by atoms with Crippen LogP contribution >= 0.6 is 0 Å². The Hall–Kier alpha value is -1.81. The van der Waals surface area contributed by atoms with Crippen molar-refractivity contribution in [3.8, 4) is 0 Å². The number of aryl methyl sites for hydroxylation is 1. The van der Waals surface area contributed by atoms with Gasteiger partial charge in [0, 0.05) is 44.0 Å². The number of hydrogen-bond donors (Lipinski definition) is 1. The molecule has 0 aliphatic carbocycles. The van der Waals surface area contributed by atoms with E-state index in [2.05, 4.69) is 47.2 Å². The van der Waals surface area contributed by atoms with Crippen molar-refractivity contribution in [2.24, 2.45) is 0 Å². The molecule has 1 aliphatic rings. The minimum Gasteiger partial charge on any atom is -0.386 e. The van der Waals surface area contributed by atoms with Gasteiger partial charge in [-0.2, -0.15) is 0 Å². The maximum Gasteiger partial charge on any atom is 0.136 e. The Bertz CT molecular complexity index is 630. The third-order valence-electron chi connectivity index (χ3n) is 4.41. The summed E-state index contributed by atoms with van der Waals surface area (Å²) in [5.41, 5.74) is 2.38. The average molecular weight is 284 g/mol. The van der Waals surface area contributed by atoms with Gasteiger partial charge in [0.05, 0.1) is 11.9 Å². The number of nitrogens with one attached hydrogen (secondary N) is 1. The molecule has 0 spiro atoms. The molecule has 1 aliphatic heterocycles. The Morgan fingerprint density at radius 3 is 2.57 bits per heavy atom. The summed E-state index contributed by atoms with van der Waals surface area (Å²) in [4.78, 5) is 9.65. The first-order valence-corrected chi connectivity index (χ1v) is 7.77. The molecule has 2 aromatic rings. The van der Waals surface area contributed by atoms with Crippen LogP contribution in [-0.4, -0.2) is 49.7 Å². The van der Waals surface area contributed by atoms with Gasteiger partial charge in [-0.3, -0.25) is 0 Å². The first-order chi connectivity index (χ1) is 10.2. The Balaban J connectivity index is 2.01. The summed E-state index contributed by atoms with van der Waals surface area (Å²) in [5.74, 6) is 1.13. The lowest BCUT2D eigenvalue weighted by molar-refractivity contribution is 0.271. The van der Waals surface area contributed by atoms with Crippen LogP contribution in [0, 0.1) is 6.92 Å². The minimum absolute atomic E-state index is 1.06. The van der Waals surface area contributed by atoms with E-state index >= 15 is 0 Å². The maximum atomic E-state index is 4.74. The largest absolute Gasteiger partial charge is 0.386 e. The van der Waals surface area contributed by atoms with E-state index in [1.807, 2.05) is 13.2 Å². The van der Waals surface area contributed by atoms with Gasteiger partial charge >= 0.3 is 0 Å². The van der Waals surface area contributed by atoms with Crippen LogP contribution in [0.1, 0.15) is 12.5 Å². The Morgan fingerprint density at radius 1 is 1.14 bits per heavy atom. The molecule has 1 aromatic carbocycles. The minimum atomic E-state index is 1.06. The summed E-state index contributed by atoms with van der Waals surface area (Å²) in [5, 5.41) is 5.76. The van der Waals surface area contributed by atoms with Gasteiger partial charge < -0.3 is 15.1 Å². The lowest BCUT2D eigenvalue weighted by Crippen LogP contribution is -2.46. The number of aromatic nitrogens is 1. The highest BCUT2D eigenvalue weighted by Crippen LogP contribution is 2.31. The number of nitrogens with zero attached hydrogens (tertiary/aromatic N) is 3. The van der Waals surface area contributed by atoms with E-state index in [0.29, 0.717) is 0 Å². The molecule has 0 atom stereocenters. The third kappa shape index (κ3) is 2.68. The molecule has 0 unspecified atom stereocenters. The molecule has 2 heterocycles. The number of piperazine rings is 1. The first-order valence-electron chi connectivity index (χ1n) is 7.77. The highest BCUT2D eigenvalue weighted by atomic mass is 15.3. The molecule has 1 saturated heterocycles. The molecule has 0 saturated carbocycles. The summed E-state index contributed by atoms with van der Waals surface area (Å²) in [6.07, 6.45) is 1.96. The van der Waals surface area contributed by atoms with Gasteiger partial charge in [-0.05, 0) is 19.5 Å². The van der Waals surface area contributed by atoms with E-state index in [4.69, 9.17) is 4.98 Å². The number of rotatable bonds is 3. The fourth-order valence-electron chi connectivity index (χ4n) is 3.07. The zero-order valence-corrected chi connectivity index (χ0v) is 13.2. The van der Waals surface area contributed by atoms with Gasteiger partial charge in [0.2, 0.25) is 0 Å². The highest BCUT2D eigenvalue weighted by molar-refractivity contribution is 6.00. The summed E-state index contributed by atoms with van der Waals surface area (Å²) in [7, 11) is 1.95. The van der Waals surface area contributed by atoms with Gasteiger partial charge in [0.15, 0.2) is 0 Å². The van der Waals surface area contributed by atoms with Crippen LogP contribution in [0.3, 0.4) is 0 Å². The molecular formula is C17H24N4. The van der Waals surface area contributed by atoms with E-state index in [1.54, 1.807) is 0 Å². The molecule has 112 valence electrons. The Labute approximate surface area is 126 Å². The van der Waals surface area contributed by atoms with E-state index in [-0.39, 0.29) is 0 Å². The van der Waals surface area contributed by atoms with Crippen molar-refractivity contribution in [2.75, 3.05) is 50.0 Å². The zero-order valence-electron chi connectivity index (χ0n) is 13.2. The summed E-state index contributed by atoms with van der Waals surface area (Å²) < 4.78 is 0. The molecule has 1 aromatic heterocycles. The van der Waals surface area contributed by atoms with E-state index < -0.39 is 0 Å². The highest BCUT2D eigenvalue weighted by Gasteiger charge is 2.19. The van der Waals surface area contributed by atoms with Crippen LogP contribution in [0.2, 0.25) is 0 Å². The van der Waals surface area contributed by atoms with Crippen LogP contribution in [-0.2, 0) is 0 Å². The molecule has 0 amide bonds. The third-order valence-corrected chi connectivity index (χ3v) is 4.41. The summed E-state index contributed by atoms with van der Waals surface area (Å²) >= 11 is 0. The normalized spacial score (nSPS) is 16.4. The predicted octanol–water partition coefficient (Wildman–Crippen LogP) is 2.73. The second-order valence-electron chi connectivity index (χ2n) is 5.72. The number of benzene rings is 1. The Kier molecular flexibility index (Phi) is 3.97. The van der Waals surface area contributed by atoms with Gasteiger partial charge in [0.25, 0.3) is 0 Å². The van der Waals surface area contributed by atoms with Crippen molar-refractivity contribution in [3.05, 3.63) is 30.0 Å². The number of likely N-dealkylation sites (N-methyl/N-ethyl adjacent to an activating group) is 1. The first kappa shape index (κ1) is 14.1. The number of pyridine rings is 1. The smallest absolute Gasteiger partial charge is 0.136 e. The zero-order chi connectivity index (χ0) is 14.8. The molecule has 21 heavy (non-hydrogen) atoms. The molecule has 1 N–H and O–H groups in total. The second-order valence-corrected chi connectivity index (χ2v) is 5.72. The van der Waals surface area contributed by atoms with E-state index in [1.165, 1.54) is 16.3 Å². The molecule has 3 rings (SSSR count). The van der Waals surface area contributed by atoms with E-state index in [0.717, 1.165) is 44.2 Å². The fourth-order valence-corrected chi connectivity index (χ4v) is 3.07. The van der Waals surface area contributed by atoms with Crippen LogP contribution in [0.25, 0.3) is 10.8 Å². The molecule has 4 nitrogen and oxygen atoms in total. The fraction of sp³-hybridized carbons (Fsp3) is 0.471. The quantitative estimate of drug-likeness (QED) is 0.939. The van der Waals surface area contributed by atoms with Crippen LogP contribution in [0.4, 0.5) is 11.5 Å².